The Morgan fingerprint density at radius 2 is 0.679 bits per heavy atom. The number of hydrogen-bond acceptors (Lipinski definition) is 3. The lowest BCUT2D eigenvalue weighted by molar-refractivity contribution is 1.08. The van der Waals surface area contributed by atoms with Crippen LogP contribution in [0.3, 0.4) is 0 Å². The summed E-state index contributed by atoms with van der Waals surface area (Å²) in [4.78, 5) is 15.8. The molecule has 0 amide bonds. The van der Waals surface area contributed by atoms with Crippen molar-refractivity contribution in [3.8, 4) is 45.3 Å². The Labute approximate surface area is 322 Å². The lowest BCUT2D eigenvalue weighted by Crippen LogP contribution is -2.01. The van der Waals surface area contributed by atoms with Gasteiger partial charge in [0.05, 0.1) is 0 Å². The van der Waals surface area contributed by atoms with Crippen molar-refractivity contribution in [1.82, 2.24) is 15.0 Å². The molecule has 11 aromatic carbocycles. The highest BCUT2D eigenvalue weighted by Crippen LogP contribution is 2.44. The maximum atomic E-state index is 5.32. The normalized spacial score (nSPS) is 11.9. The van der Waals surface area contributed by atoms with Gasteiger partial charge in [0.15, 0.2) is 17.5 Å². The topological polar surface area (TPSA) is 38.7 Å². The molecule has 0 saturated carbocycles. The summed E-state index contributed by atoms with van der Waals surface area (Å²) in [6.07, 6.45) is 0. The number of fused-ring (bicyclic) bond motifs is 3. The third kappa shape index (κ3) is 4.68. The van der Waals surface area contributed by atoms with E-state index in [1.807, 2.05) is 6.07 Å². The van der Waals surface area contributed by atoms with Gasteiger partial charge in [0.1, 0.15) is 0 Å². The van der Waals surface area contributed by atoms with Gasteiger partial charge in [-0.05, 0) is 98.7 Å². The van der Waals surface area contributed by atoms with Gasteiger partial charge in [0, 0.05) is 16.7 Å². The van der Waals surface area contributed by atoms with Crippen LogP contribution in [0.5, 0.6) is 0 Å². The standard InChI is InChI=1S/C53H31N3/c1-2-10-32(11-3-1)33-22-27-38(28-23-33)51-54-52(56-53(55-51)45-21-6-13-34-12-4-5-17-41(34)45)40-30-39-29-26-37-15-8-19-43-42-18-7-14-35-24-25-36-16-9-20-44(49(36)47(35)42)46(31-40)50(39)48(37)43/h1-31H. The quantitative estimate of drug-likeness (QED) is 0.171. The second-order valence-electron chi connectivity index (χ2n) is 14.7. The molecule has 258 valence electrons. The van der Waals surface area contributed by atoms with Gasteiger partial charge in [-0.1, -0.05) is 176 Å². The average molecular weight is 710 g/mol. The second kappa shape index (κ2) is 12.0. The molecule has 0 N–H and O–H groups in total. The minimum Gasteiger partial charge on any atom is -0.208 e. The molecule has 12 aromatic rings. The maximum absolute atomic E-state index is 5.32. The molecule has 56 heavy (non-hydrogen) atoms. The molecule has 0 atom stereocenters. The highest BCUT2D eigenvalue weighted by atomic mass is 15.0. The Bertz CT molecular complexity index is 3500. The summed E-state index contributed by atoms with van der Waals surface area (Å²) in [5.74, 6) is 1.93. The third-order valence-electron chi connectivity index (χ3n) is 11.6. The van der Waals surface area contributed by atoms with Crippen LogP contribution < -0.4 is 0 Å². The molecule has 3 nitrogen and oxygen atoms in total. The highest BCUT2D eigenvalue weighted by molar-refractivity contribution is 6.37. The Kier molecular flexibility index (Phi) is 6.63. The zero-order valence-corrected chi connectivity index (χ0v) is 30.2. The molecular formula is C53H31N3. The first-order valence-electron chi connectivity index (χ1n) is 19.1. The summed E-state index contributed by atoms with van der Waals surface area (Å²) < 4.78 is 0. The largest absolute Gasteiger partial charge is 0.208 e. The summed E-state index contributed by atoms with van der Waals surface area (Å²) in [7, 11) is 0. The van der Waals surface area contributed by atoms with Gasteiger partial charge in [-0.3, -0.25) is 0 Å². The number of aromatic nitrogens is 3. The van der Waals surface area contributed by atoms with Crippen LogP contribution in [0.15, 0.2) is 188 Å². The molecule has 3 heteroatoms. The van der Waals surface area contributed by atoms with E-state index in [1.165, 1.54) is 64.8 Å². The molecule has 0 aliphatic carbocycles. The maximum Gasteiger partial charge on any atom is 0.164 e. The van der Waals surface area contributed by atoms with Crippen molar-refractivity contribution >= 4 is 75.4 Å². The number of hydrogen-bond donors (Lipinski definition) is 0. The lowest BCUT2D eigenvalue weighted by Gasteiger charge is -2.17. The van der Waals surface area contributed by atoms with Crippen LogP contribution >= 0.6 is 0 Å². The van der Waals surface area contributed by atoms with E-state index in [0.29, 0.717) is 17.5 Å². The molecule has 0 aliphatic rings. The Hall–Kier alpha value is -7.49. The first kappa shape index (κ1) is 30.9. The molecule has 12 rings (SSSR count). The molecule has 0 unspecified atom stereocenters. The van der Waals surface area contributed by atoms with Crippen LogP contribution in [0, 0.1) is 0 Å². The summed E-state index contributed by atoms with van der Waals surface area (Å²) in [6, 6.07) is 67.6. The molecule has 0 radical (unpaired) electrons. The van der Waals surface area contributed by atoms with Gasteiger partial charge in [-0.2, -0.15) is 0 Å². The number of rotatable bonds is 4. The van der Waals surface area contributed by atoms with Crippen LogP contribution in [-0.2, 0) is 0 Å². The molecule has 0 aliphatic heterocycles. The fraction of sp³-hybridized carbons (Fsp3) is 0. The van der Waals surface area contributed by atoms with E-state index in [2.05, 4.69) is 182 Å². The van der Waals surface area contributed by atoms with Gasteiger partial charge in [-0.25, -0.2) is 15.0 Å². The summed E-state index contributed by atoms with van der Waals surface area (Å²) >= 11 is 0. The molecule has 0 saturated heterocycles. The summed E-state index contributed by atoms with van der Waals surface area (Å²) in [5, 5.41) is 17.1. The lowest BCUT2D eigenvalue weighted by atomic mass is 9.87. The number of benzene rings is 10. The SMILES string of the molecule is c1ccc(-c2ccc(-c3nc(-c4cc5ccc6cccc7c8cccc9ccc%10cccc(c(c4)c5c67)c%10c98)nc(-c4cccc5ccccc45)n3)cc2)cc1. The smallest absolute Gasteiger partial charge is 0.164 e. The van der Waals surface area contributed by atoms with Crippen LogP contribution in [0.1, 0.15) is 0 Å². The predicted molar refractivity (Wildman–Crippen MR) is 235 cm³/mol. The first-order chi connectivity index (χ1) is 27.7. The monoisotopic (exact) mass is 709 g/mol. The van der Waals surface area contributed by atoms with Crippen molar-refractivity contribution in [2.24, 2.45) is 0 Å². The van der Waals surface area contributed by atoms with Crippen molar-refractivity contribution in [2.45, 2.75) is 0 Å². The van der Waals surface area contributed by atoms with Crippen LogP contribution in [0.2, 0.25) is 0 Å². The first-order valence-corrected chi connectivity index (χ1v) is 19.1. The fourth-order valence-electron chi connectivity index (χ4n) is 9.03. The van der Waals surface area contributed by atoms with E-state index >= 15 is 0 Å². The van der Waals surface area contributed by atoms with Crippen molar-refractivity contribution in [3.05, 3.63) is 188 Å². The Morgan fingerprint density at radius 3 is 1.36 bits per heavy atom. The zero-order chi connectivity index (χ0) is 36.7. The minimum absolute atomic E-state index is 0.641. The van der Waals surface area contributed by atoms with E-state index in [1.54, 1.807) is 0 Å². The van der Waals surface area contributed by atoms with Gasteiger partial charge < -0.3 is 0 Å². The average Bonchev–Trinajstić information content (AvgIpc) is 3.27. The van der Waals surface area contributed by atoms with Crippen molar-refractivity contribution in [2.75, 3.05) is 0 Å². The van der Waals surface area contributed by atoms with Crippen LogP contribution in [0.25, 0.3) is 121 Å². The fourth-order valence-corrected chi connectivity index (χ4v) is 9.03. The number of nitrogens with zero attached hydrogens (tertiary/aromatic N) is 3. The Morgan fingerprint density at radius 1 is 0.232 bits per heavy atom. The predicted octanol–water partition coefficient (Wildman–Crippen LogP) is 14.0. The summed E-state index contributed by atoms with van der Waals surface area (Å²) in [5.41, 5.74) is 5.19. The highest BCUT2D eigenvalue weighted by Gasteiger charge is 2.19. The van der Waals surface area contributed by atoms with Gasteiger partial charge in [0.2, 0.25) is 0 Å². The third-order valence-corrected chi connectivity index (χ3v) is 11.6. The summed E-state index contributed by atoms with van der Waals surface area (Å²) in [6.45, 7) is 0. The molecular weight excluding hydrogens is 679 g/mol. The molecule has 1 aromatic heterocycles. The van der Waals surface area contributed by atoms with Gasteiger partial charge in [-0.15, -0.1) is 0 Å². The zero-order valence-electron chi connectivity index (χ0n) is 30.2. The van der Waals surface area contributed by atoms with Crippen molar-refractivity contribution in [3.63, 3.8) is 0 Å². The van der Waals surface area contributed by atoms with E-state index in [-0.39, 0.29) is 0 Å². The van der Waals surface area contributed by atoms with E-state index in [4.69, 9.17) is 15.0 Å². The van der Waals surface area contributed by atoms with Crippen molar-refractivity contribution < 1.29 is 0 Å². The van der Waals surface area contributed by atoms with E-state index in [0.717, 1.165) is 38.4 Å². The van der Waals surface area contributed by atoms with Crippen molar-refractivity contribution in [1.29, 1.82) is 0 Å². The van der Waals surface area contributed by atoms with Gasteiger partial charge in [0.25, 0.3) is 0 Å². The van der Waals surface area contributed by atoms with E-state index in [9.17, 15) is 0 Å². The minimum atomic E-state index is 0.641. The molecule has 0 spiro atoms. The van der Waals surface area contributed by atoms with Crippen LogP contribution in [0.4, 0.5) is 0 Å². The second-order valence-corrected chi connectivity index (χ2v) is 14.7. The van der Waals surface area contributed by atoms with E-state index < -0.39 is 0 Å². The molecule has 0 bridgehead atoms. The van der Waals surface area contributed by atoms with Crippen LogP contribution in [-0.4, -0.2) is 15.0 Å². The van der Waals surface area contributed by atoms with Gasteiger partial charge >= 0.3 is 0 Å². The molecule has 0 fully saturated rings. The molecule has 1 heterocycles. The Balaban J connectivity index is 1.18.